The van der Waals surface area contributed by atoms with E-state index in [0.717, 1.165) is 5.75 Å². The number of rotatable bonds is 11. The first kappa shape index (κ1) is 23.6. The molecule has 0 heterocycles. The Morgan fingerprint density at radius 3 is 2.52 bits per heavy atom. The Balaban J connectivity index is 2.59. The first-order chi connectivity index (χ1) is 12.5. The molecule has 0 atom stereocenters. The molecule has 0 aromatic heterocycles. The number of nitrogens with one attached hydrogen (secondary N) is 1. The van der Waals surface area contributed by atoms with Crippen molar-refractivity contribution in [2.24, 2.45) is 0 Å². The molecule has 0 fully saturated rings. The van der Waals surface area contributed by atoms with E-state index in [1.54, 1.807) is 36.0 Å². The number of sulfonamides is 1. The largest absolute Gasteiger partial charge is 0.492 e. The van der Waals surface area contributed by atoms with Crippen molar-refractivity contribution in [2.45, 2.75) is 45.3 Å². The minimum Gasteiger partial charge on any atom is -0.492 e. The molecular weight excluding hydrogens is 384 g/mol. The number of hydrogen-bond acceptors (Lipinski definition) is 5. The molecule has 1 aromatic carbocycles. The van der Waals surface area contributed by atoms with Crippen molar-refractivity contribution < 1.29 is 17.9 Å². The van der Waals surface area contributed by atoms with Gasteiger partial charge < -0.3 is 10.1 Å². The summed E-state index contributed by atoms with van der Waals surface area (Å²) < 4.78 is 31.5. The van der Waals surface area contributed by atoms with Crippen LogP contribution in [0.25, 0.3) is 0 Å². The van der Waals surface area contributed by atoms with Gasteiger partial charge in [0.25, 0.3) is 0 Å². The van der Waals surface area contributed by atoms with Gasteiger partial charge in [-0.05, 0) is 25.5 Å². The molecule has 1 aromatic rings. The maximum atomic E-state index is 12.2. The number of nitrogens with zero attached hydrogens (tertiary/aromatic N) is 1. The monoisotopic (exact) mass is 416 g/mol. The second kappa shape index (κ2) is 10.8. The minimum atomic E-state index is -3.48. The van der Waals surface area contributed by atoms with Gasteiger partial charge in [-0.25, -0.2) is 8.42 Å². The highest BCUT2D eigenvalue weighted by molar-refractivity contribution is 8.00. The predicted octanol–water partition coefficient (Wildman–Crippen LogP) is 3.28. The lowest BCUT2D eigenvalue weighted by atomic mass is 10.2. The third-order valence-corrected chi connectivity index (χ3v) is 6.01. The highest BCUT2D eigenvalue weighted by Gasteiger charge is 2.21. The Labute approximate surface area is 168 Å². The topological polar surface area (TPSA) is 75.7 Å². The maximum Gasteiger partial charge on any atom is 0.232 e. The summed E-state index contributed by atoms with van der Waals surface area (Å²) >= 11 is 1.79. The third-order valence-electron chi connectivity index (χ3n) is 3.56. The number of ether oxygens (including phenoxy) is 1. The number of para-hydroxylation sites is 2. The van der Waals surface area contributed by atoms with Crippen LogP contribution in [0.5, 0.6) is 5.75 Å². The quantitative estimate of drug-likeness (QED) is 0.560. The predicted molar refractivity (Wildman–Crippen MR) is 114 cm³/mol. The van der Waals surface area contributed by atoms with Crippen LogP contribution in [-0.2, 0) is 14.8 Å². The van der Waals surface area contributed by atoms with Crippen molar-refractivity contribution in [3.8, 4) is 5.75 Å². The molecule has 0 aliphatic heterocycles. The van der Waals surface area contributed by atoms with E-state index in [0.29, 0.717) is 31.0 Å². The zero-order valence-corrected chi connectivity index (χ0v) is 18.6. The molecule has 0 aliphatic rings. The van der Waals surface area contributed by atoms with Crippen molar-refractivity contribution in [3.05, 3.63) is 24.3 Å². The fraction of sp³-hybridized carbons (Fsp3) is 0.632. The van der Waals surface area contributed by atoms with Gasteiger partial charge >= 0.3 is 0 Å². The molecule has 0 saturated heterocycles. The second-order valence-corrected chi connectivity index (χ2v) is 11.0. The molecule has 27 heavy (non-hydrogen) atoms. The summed E-state index contributed by atoms with van der Waals surface area (Å²) in [6.45, 7) is 9.56. The van der Waals surface area contributed by atoms with Crippen LogP contribution in [0.15, 0.2) is 24.3 Å². The number of amides is 1. The fourth-order valence-electron chi connectivity index (χ4n) is 2.42. The van der Waals surface area contributed by atoms with Gasteiger partial charge in [-0.15, -0.1) is 0 Å². The van der Waals surface area contributed by atoms with Gasteiger partial charge in [0.15, 0.2) is 0 Å². The zero-order chi connectivity index (χ0) is 20.5. The number of hydrogen-bond donors (Lipinski definition) is 1. The van der Waals surface area contributed by atoms with Gasteiger partial charge in [0.2, 0.25) is 15.9 Å². The summed E-state index contributed by atoms with van der Waals surface area (Å²) in [5, 5.41) is 2.89. The maximum absolute atomic E-state index is 12.2. The molecule has 0 bridgehead atoms. The van der Waals surface area contributed by atoms with Gasteiger partial charge in [0, 0.05) is 30.0 Å². The van der Waals surface area contributed by atoms with E-state index in [4.69, 9.17) is 4.74 Å². The average molecular weight is 417 g/mol. The van der Waals surface area contributed by atoms with Crippen molar-refractivity contribution in [2.75, 3.05) is 36.0 Å². The van der Waals surface area contributed by atoms with Crippen LogP contribution in [0, 0.1) is 0 Å². The van der Waals surface area contributed by atoms with Crippen LogP contribution < -0.4 is 14.4 Å². The van der Waals surface area contributed by atoms with E-state index in [1.165, 1.54) is 10.6 Å². The van der Waals surface area contributed by atoms with E-state index < -0.39 is 10.0 Å². The molecule has 1 amide bonds. The van der Waals surface area contributed by atoms with E-state index >= 15 is 0 Å². The van der Waals surface area contributed by atoms with Crippen molar-refractivity contribution >= 4 is 33.4 Å². The molecule has 0 unspecified atom stereocenters. The summed E-state index contributed by atoms with van der Waals surface area (Å²) in [4.78, 5) is 12.0. The highest BCUT2D eigenvalue weighted by Crippen LogP contribution is 2.30. The van der Waals surface area contributed by atoms with E-state index in [1.807, 2.05) is 6.92 Å². The summed E-state index contributed by atoms with van der Waals surface area (Å²) in [5.41, 5.74) is 0.504. The van der Waals surface area contributed by atoms with Gasteiger partial charge in [0.05, 0.1) is 18.6 Å². The standard InChI is InChI=1S/C19H32N2O4S2/c1-6-25-17-11-8-7-10-16(17)21(27(5,23)24)14-9-12-18(22)20-13-15-26-19(2,3)4/h7-8,10-11H,6,9,12-15H2,1-5H3,(H,20,22). The number of thioether (sulfide) groups is 1. The molecule has 0 saturated carbocycles. The van der Waals surface area contributed by atoms with Crippen LogP contribution in [0.1, 0.15) is 40.5 Å². The Kier molecular flexibility index (Phi) is 9.45. The lowest BCUT2D eigenvalue weighted by Gasteiger charge is -2.24. The minimum absolute atomic E-state index is 0.0592. The summed E-state index contributed by atoms with van der Waals surface area (Å²) in [6, 6.07) is 7.04. The van der Waals surface area contributed by atoms with Crippen molar-refractivity contribution in [1.82, 2.24) is 5.32 Å². The molecule has 154 valence electrons. The van der Waals surface area contributed by atoms with Crippen LogP contribution >= 0.6 is 11.8 Å². The Morgan fingerprint density at radius 1 is 1.26 bits per heavy atom. The summed E-state index contributed by atoms with van der Waals surface area (Å²) in [7, 11) is -3.48. The lowest BCUT2D eigenvalue weighted by molar-refractivity contribution is -0.121. The van der Waals surface area contributed by atoms with Gasteiger partial charge in [-0.2, -0.15) is 11.8 Å². The van der Waals surface area contributed by atoms with E-state index in [2.05, 4.69) is 26.1 Å². The van der Waals surface area contributed by atoms with Gasteiger partial charge in [-0.3, -0.25) is 9.10 Å². The second-order valence-electron chi connectivity index (χ2n) is 7.15. The highest BCUT2D eigenvalue weighted by atomic mass is 32.2. The average Bonchev–Trinajstić information content (AvgIpc) is 2.55. The van der Waals surface area contributed by atoms with Crippen LogP contribution in [0.2, 0.25) is 0 Å². The number of anilines is 1. The Morgan fingerprint density at radius 2 is 1.93 bits per heavy atom. The fourth-order valence-corrected chi connectivity index (χ4v) is 4.21. The van der Waals surface area contributed by atoms with E-state index in [-0.39, 0.29) is 23.6 Å². The molecule has 1 rings (SSSR count). The summed E-state index contributed by atoms with van der Waals surface area (Å²) in [6.07, 6.45) is 1.88. The molecule has 8 heteroatoms. The van der Waals surface area contributed by atoms with Crippen LogP contribution in [0.4, 0.5) is 5.69 Å². The van der Waals surface area contributed by atoms with Crippen LogP contribution in [-0.4, -0.2) is 50.8 Å². The molecule has 0 spiro atoms. The summed E-state index contributed by atoms with van der Waals surface area (Å²) in [5.74, 6) is 1.32. The number of carbonyl (C=O) groups is 1. The first-order valence-electron chi connectivity index (χ1n) is 9.15. The first-order valence-corrected chi connectivity index (χ1v) is 12.0. The molecular formula is C19H32N2O4S2. The molecule has 0 radical (unpaired) electrons. The Bertz CT molecular complexity index is 700. The van der Waals surface area contributed by atoms with Crippen LogP contribution in [0.3, 0.4) is 0 Å². The Hall–Kier alpha value is -1.41. The third kappa shape index (κ3) is 9.37. The van der Waals surface area contributed by atoms with Gasteiger partial charge in [-0.1, -0.05) is 32.9 Å². The molecule has 0 aliphatic carbocycles. The van der Waals surface area contributed by atoms with Crippen molar-refractivity contribution in [3.63, 3.8) is 0 Å². The lowest BCUT2D eigenvalue weighted by Crippen LogP contribution is -2.33. The zero-order valence-electron chi connectivity index (χ0n) is 16.9. The molecule has 1 N–H and O–H groups in total. The van der Waals surface area contributed by atoms with Crippen molar-refractivity contribution in [1.29, 1.82) is 0 Å². The number of benzene rings is 1. The smallest absolute Gasteiger partial charge is 0.232 e. The van der Waals surface area contributed by atoms with E-state index in [9.17, 15) is 13.2 Å². The number of carbonyl (C=O) groups excluding carboxylic acids is 1. The SMILES string of the molecule is CCOc1ccccc1N(CCCC(=O)NCCSC(C)(C)C)S(C)(=O)=O. The van der Waals surface area contributed by atoms with Gasteiger partial charge in [0.1, 0.15) is 5.75 Å². The molecule has 6 nitrogen and oxygen atoms in total. The normalized spacial score (nSPS) is 11.9.